The van der Waals surface area contributed by atoms with Gasteiger partial charge in [0, 0.05) is 0 Å². The second-order valence-electron chi connectivity index (χ2n) is 3.89. The van der Waals surface area contributed by atoms with Gasteiger partial charge in [-0.3, -0.25) is 4.79 Å². The number of carbonyl (C=O) groups excluding carboxylic acids is 1. The number of hydrogen-bond acceptors (Lipinski definition) is 2. The van der Waals surface area contributed by atoms with E-state index in [4.69, 9.17) is 4.74 Å². The number of amides is 1. The van der Waals surface area contributed by atoms with Crippen LogP contribution in [0.5, 0.6) is 5.75 Å². The van der Waals surface area contributed by atoms with E-state index in [-0.39, 0.29) is 0 Å². The van der Waals surface area contributed by atoms with Gasteiger partial charge in [0.25, 0.3) is 5.91 Å². The summed E-state index contributed by atoms with van der Waals surface area (Å²) in [5.41, 5.74) is 0.499. The van der Waals surface area contributed by atoms with Gasteiger partial charge in [-0.1, -0.05) is 12.1 Å². The van der Waals surface area contributed by atoms with Gasteiger partial charge < -0.3 is 10.1 Å². The fourth-order valence-electron chi connectivity index (χ4n) is 1.37. The maximum atomic E-state index is 12.8. The summed E-state index contributed by atoms with van der Waals surface area (Å²) >= 11 is 0. The van der Waals surface area contributed by atoms with E-state index >= 15 is 0 Å². The van der Waals surface area contributed by atoms with Crippen LogP contribution in [0.25, 0.3) is 0 Å². The van der Waals surface area contributed by atoms with E-state index in [9.17, 15) is 22.4 Å². The Bertz CT molecular complexity index is 434. The summed E-state index contributed by atoms with van der Waals surface area (Å²) in [5.74, 6) is -6.13. The fraction of sp³-hybridized carbons (Fsp3) is 0.417. The molecule has 19 heavy (non-hydrogen) atoms. The molecule has 106 valence electrons. The number of benzene rings is 1. The molecule has 0 bridgehead atoms. The van der Waals surface area contributed by atoms with Gasteiger partial charge in [-0.25, -0.2) is 8.78 Å². The number of alkyl halides is 4. The first kappa shape index (κ1) is 15.3. The third-order valence-corrected chi connectivity index (χ3v) is 2.54. The molecule has 0 spiro atoms. The van der Waals surface area contributed by atoms with Crippen LogP contribution in [0, 0.1) is 0 Å². The summed E-state index contributed by atoms with van der Waals surface area (Å²) in [6.45, 7) is 1.42. The predicted molar refractivity (Wildman–Crippen MR) is 60.5 cm³/mol. The Hall–Kier alpha value is -1.79. The van der Waals surface area contributed by atoms with E-state index in [2.05, 4.69) is 0 Å². The minimum absolute atomic E-state index is 0.499. The highest BCUT2D eigenvalue weighted by Gasteiger charge is 2.49. The topological polar surface area (TPSA) is 38.3 Å². The Labute approximate surface area is 107 Å². The molecule has 3 nitrogen and oxygen atoms in total. The monoisotopic (exact) mass is 279 g/mol. The molecule has 0 saturated carbocycles. The SMILES string of the molecule is COc1ccc([C@@H](C)NC(=O)C(F)(F)C(F)F)cc1. The summed E-state index contributed by atoms with van der Waals surface area (Å²) in [6.07, 6.45) is -4.03. The van der Waals surface area contributed by atoms with Crippen molar-refractivity contribution in [3.05, 3.63) is 29.8 Å². The van der Waals surface area contributed by atoms with Crippen LogP contribution in [0.4, 0.5) is 17.6 Å². The molecule has 0 heterocycles. The molecule has 1 rings (SSSR count). The maximum Gasteiger partial charge on any atom is 0.383 e. The fourth-order valence-corrected chi connectivity index (χ4v) is 1.37. The first-order chi connectivity index (χ1) is 8.78. The van der Waals surface area contributed by atoms with Crippen molar-refractivity contribution in [1.82, 2.24) is 5.32 Å². The van der Waals surface area contributed by atoms with E-state index < -0.39 is 24.3 Å². The van der Waals surface area contributed by atoms with Gasteiger partial charge in [-0.2, -0.15) is 8.78 Å². The van der Waals surface area contributed by atoms with Crippen LogP contribution >= 0.6 is 0 Å². The van der Waals surface area contributed by atoms with Gasteiger partial charge in [0.1, 0.15) is 5.75 Å². The first-order valence-corrected chi connectivity index (χ1v) is 5.40. The van der Waals surface area contributed by atoms with E-state index in [0.29, 0.717) is 11.3 Å². The van der Waals surface area contributed by atoms with E-state index in [1.165, 1.54) is 14.0 Å². The van der Waals surface area contributed by atoms with Crippen molar-refractivity contribution in [2.75, 3.05) is 7.11 Å². The van der Waals surface area contributed by atoms with Crippen LogP contribution < -0.4 is 10.1 Å². The van der Waals surface area contributed by atoms with Crippen molar-refractivity contribution in [3.63, 3.8) is 0 Å². The van der Waals surface area contributed by atoms with Crippen molar-refractivity contribution >= 4 is 5.91 Å². The lowest BCUT2D eigenvalue weighted by Gasteiger charge is -2.19. The van der Waals surface area contributed by atoms with E-state index in [1.54, 1.807) is 24.3 Å². The van der Waals surface area contributed by atoms with Crippen LogP contribution in [0.3, 0.4) is 0 Å². The van der Waals surface area contributed by atoms with Crippen molar-refractivity contribution in [3.8, 4) is 5.75 Å². The molecule has 1 atom stereocenters. The summed E-state index contributed by atoms with van der Waals surface area (Å²) in [6, 6.07) is 5.42. The highest BCUT2D eigenvalue weighted by Crippen LogP contribution is 2.25. The van der Waals surface area contributed by atoms with Crippen LogP contribution in [0.1, 0.15) is 18.5 Å². The van der Waals surface area contributed by atoms with Gasteiger partial charge in [0.15, 0.2) is 0 Å². The molecule has 0 radical (unpaired) electrons. The number of rotatable bonds is 5. The molecule has 0 fully saturated rings. The molecule has 1 amide bonds. The third-order valence-electron chi connectivity index (χ3n) is 2.54. The molecule has 0 saturated heterocycles. The zero-order valence-corrected chi connectivity index (χ0v) is 10.3. The van der Waals surface area contributed by atoms with Crippen LogP contribution in [0.2, 0.25) is 0 Å². The summed E-state index contributed by atoms with van der Waals surface area (Å²) in [5, 5.41) is 1.85. The molecular formula is C12H13F4NO2. The Balaban J connectivity index is 2.73. The standard InChI is InChI=1S/C12H13F4NO2/c1-7(8-3-5-9(19-2)6-4-8)17-11(18)12(15,16)10(13)14/h3-7,10H,1-2H3,(H,17,18)/t7-/m1/s1. The normalized spacial score (nSPS) is 13.2. The van der Waals surface area contributed by atoms with Crippen LogP contribution in [0.15, 0.2) is 24.3 Å². The second-order valence-corrected chi connectivity index (χ2v) is 3.89. The summed E-state index contributed by atoms with van der Waals surface area (Å²) in [7, 11) is 1.46. The van der Waals surface area contributed by atoms with Crippen LogP contribution in [-0.2, 0) is 4.79 Å². The minimum atomic E-state index is -4.69. The van der Waals surface area contributed by atoms with Gasteiger partial charge >= 0.3 is 12.3 Å². The smallest absolute Gasteiger partial charge is 0.383 e. The Morgan fingerprint density at radius 1 is 1.26 bits per heavy atom. The largest absolute Gasteiger partial charge is 0.497 e. The van der Waals surface area contributed by atoms with Crippen molar-refractivity contribution in [2.45, 2.75) is 25.3 Å². The van der Waals surface area contributed by atoms with E-state index in [0.717, 1.165) is 0 Å². The van der Waals surface area contributed by atoms with Crippen molar-refractivity contribution < 1.29 is 27.1 Å². The first-order valence-electron chi connectivity index (χ1n) is 5.40. The van der Waals surface area contributed by atoms with Gasteiger partial charge in [0.2, 0.25) is 0 Å². The number of ether oxygens (including phenoxy) is 1. The quantitative estimate of drug-likeness (QED) is 0.842. The molecule has 0 aliphatic carbocycles. The zero-order valence-electron chi connectivity index (χ0n) is 10.3. The summed E-state index contributed by atoms with van der Waals surface area (Å²) in [4.78, 5) is 11.0. The number of methoxy groups -OCH3 is 1. The lowest BCUT2D eigenvalue weighted by Crippen LogP contribution is -2.45. The Morgan fingerprint density at radius 3 is 2.21 bits per heavy atom. The summed E-state index contributed by atoms with van der Waals surface area (Å²) < 4.78 is 54.4. The molecule has 0 aromatic heterocycles. The van der Waals surface area contributed by atoms with Gasteiger partial charge in [-0.15, -0.1) is 0 Å². The van der Waals surface area contributed by atoms with Crippen LogP contribution in [-0.4, -0.2) is 25.4 Å². The maximum absolute atomic E-state index is 12.8. The number of halogens is 4. The highest BCUT2D eigenvalue weighted by molar-refractivity contribution is 5.84. The lowest BCUT2D eigenvalue weighted by molar-refractivity contribution is -0.170. The Morgan fingerprint density at radius 2 is 1.79 bits per heavy atom. The number of nitrogens with one attached hydrogen (secondary N) is 1. The molecule has 1 aromatic rings. The number of carbonyl (C=O) groups is 1. The molecule has 7 heteroatoms. The van der Waals surface area contributed by atoms with Crippen molar-refractivity contribution in [2.24, 2.45) is 0 Å². The molecule has 0 aliphatic heterocycles. The molecule has 0 aliphatic rings. The number of hydrogen-bond donors (Lipinski definition) is 1. The highest BCUT2D eigenvalue weighted by atomic mass is 19.3. The van der Waals surface area contributed by atoms with Gasteiger partial charge in [0.05, 0.1) is 13.2 Å². The lowest BCUT2D eigenvalue weighted by atomic mass is 10.1. The zero-order chi connectivity index (χ0) is 14.6. The molecule has 0 unspecified atom stereocenters. The predicted octanol–water partition coefficient (Wildman–Crippen LogP) is 2.77. The van der Waals surface area contributed by atoms with E-state index in [1.807, 2.05) is 5.32 Å². The molecular weight excluding hydrogens is 266 g/mol. The second kappa shape index (κ2) is 5.90. The minimum Gasteiger partial charge on any atom is -0.497 e. The Kier molecular flexibility index (Phi) is 4.74. The third kappa shape index (κ3) is 3.59. The van der Waals surface area contributed by atoms with Crippen molar-refractivity contribution in [1.29, 1.82) is 0 Å². The average Bonchev–Trinajstić information content (AvgIpc) is 2.38. The van der Waals surface area contributed by atoms with Gasteiger partial charge in [-0.05, 0) is 24.6 Å². The molecule has 1 N–H and O–H groups in total. The average molecular weight is 279 g/mol. The molecule has 1 aromatic carbocycles.